The molecule has 0 fully saturated rings. The fourth-order valence-electron chi connectivity index (χ4n) is 8.36. The van der Waals surface area contributed by atoms with Gasteiger partial charge in [0.2, 0.25) is 0 Å². The summed E-state index contributed by atoms with van der Waals surface area (Å²) in [6.45, 7) is 0. The second-order valence-electron chi connectivity index (χ2n) is 18.1. The van der Waals surface area contributed by atoms with Gasteiger partial charge in [0.1, 0.15) is 0 Å². The number of rotatable bonds is 2. The van der Waals surface area contributed by atoms with Crippen LogP contribution < -0.4 is 0 Å². The highest BCUT2D eigenvalue weighted by molar-refractivity contribution is 14.1. The summed E-state index contributed by atoms with van der Waals surface area (Å²) in [6.07, 6.45) is 13.0. The molecule has 0 saturated carbocycles. The first-order chi connectivity index (χ1) is 38.5. The average molecular weight is 1140 g/mol. The number of ketones is 1. The summed E-state index contributed by atoms with van der Waals surface area (Å²) in [5.74, 6) is 19.9. The molecule has 0 N–H and O–H groups in total. The normalized spacial score (nSPS) is 9.94. The summed E-state index contributed by atoms with van der Waals surface area (Å²) in [6, 6.07) is 70.4. The quantitative estimate of drug-likeness (QED) is 0.0570. The van der Waals surface area contributed by atoms with Crippen LogP contribution in [0.25, 0.3) is 43.6 Å². The first kappa shape index (κ1) is 55.3. The van der Waals surface area contributed by atoms with Gasteiger partial charge in [-0.15, -0.1) is 6.42 Å². The van der Waals surface area contributed by atoms with E-state index < -0.39 is 11.8 Å². The number of ether oxygens (including phenoxy) is 1. The van der Waals surface area contributed by atoms with E-state index in [2.05, 4.69) is 195 Å². The number of halogens is 1. The maximum Gasteiger partial charge on any atom is 0.379 e. The van der Waals surface area contributed by atoms with Crippen molar-refractivity contribution >= 4 is 78.0 Å². The molecule has 0 unspecified atom stereocenters. The number of hydrogen-bond acceptors (Lipinski definition) is 3. The topological polar surface area (TPSA) is 63.1 Å². The lowest BCUT2D eigenvalue weighted by Crippen LogP contribution is -2.15. The SMILES string of the molecule is C#Cc1ccccc1.COC(=O)C(=O)c1cn(C)c2ccc(C#Cc3ccccc3)cc12.Cn1ccc2cc(C#Cc3ccccc3)ccc21.Cn1ccc2cc(C#Cc3ccccc3)ccc21.Cn1ccc2cc(I)ccc21. The number of Topliss-reactive ketones (excluding diaryl/α,β-unsaturated/α-hetero) is 1. The number of esters is 1. The molecule has 8 heteroatoms. The van der Waals surface area contributed by atoms with E-state index >= 15 is 0 Å². The third-order valence-corrected chi connectivity index (χ3v) is 13.2. The Hall–Kier alpha value is -9.97. The number of aromatic nitrogens is 4. The minimum absolute atomic E-state index is 0.322. The second kappa shape index (κ2) is 27.2. The zero-order valence-electron chi connectivity index (χ0n) is 44.5. The van der Waals surface area contributed by atoms with Crippen LogP contribution >= 0.6 is 22.6 Å². The van der Waals surface area contributed by atoms with Gasteiger partial charge in [0.05, 0.1) is 12.7 Å². The first-order valence-corrected chi connectivity index (χ1v) is 26.3. The average Bonchev–Trinajstić information content (AvgIpc) is 4.40. The molecule has 4 aromatic heterocycles. The van der Waals surface area contributed by atoms with Crippen molar-refractivity contribution < 1.29 is 14.3 Å². The molecule has 0 atom stereocenters. The molecule has 7 nitrogen and oxygen atoms in total. The van der Waals surface area contributed by atoms with Crippen LogP contribution in [0, 0.1) is 51.4 Å². The fourth-order valence-corrected chi connectivity index (χ4v) is 8.87. The molecule has 0 saturated heterocycles. The second-order valence-corrected chi connectivity index (χ2v) is 19.3. The third kappa shape index (κ3) is 15.1. The Morgan fingerprint density at radius 3 is 1.15 bits per heavy atom. The summed E-state index contributed by atoms with van der Waals surface area (Å²) in [5, 5.41) is 4.47. The Labute approximate surface area is 475 Å². The van der Waals surface area contributed by atoms with Crippen molar-refractivity contribution in [2.75, 3.05) is 7.11 Å². The first-order valence-electron chi connectivity index (χ1n) is 25.2. The molecule has 0 aliphatic heterocycles. The molecule has 0 aliphatic carbocycles. The lowest BCUT2D eigenvalue weighted by molar-refractivity contribution is -0.135. The van der Waals surface area contributed by atoms with Crippen LogP contribution in [0.15, 0.2) is 237 Å². The van der Waals surface area contributed by atoms with Crippen LogP contribution in [0.3, 0.4) is 0 Å². The number of benzene rings is 8. The van der Waals surface area contributed by atoms with E-state index in [0.717, 1.165) is 44.5 Å². The van der Waals surface area contributed by atoms with E-state index in [0.29, 0.717) is 10.9 Å². The molecule has 0 aliphatic rings. The van der Waals surface area contributed by atoms with Gasteiger partial charge in [0.15, 0.2) is 0 Å². The Balaban J connectivity index is 0.000000135. The number of methoxy groups -OCH3 is 1. The van der Waals surface area contributed by atoms with Gasteiger partial charge in [-0.25, -0.2) is 4.79 Å². The Morgan fingerprint density at radius 1 is 0.405 bits per heavy atom. The maximum atomic E-state index is 12.2. The van der Waals surface area contributed by atoms with Crippen molar-refractivity contribution in [3.05, 3.63) is 285 Å². The standard InChI is InChI=1S/C20H15NO3.2C17H13N.C9H8IN.C8H6/c1-21-13-17(19(22)20(23)24-2)16-12-15(10-11-18(16)21)9-8-14-6-4-3-5-7-14;2*1-18-12-11-16-13-15(9-10-17(16)18)8-7-14-5-3-2-4-6-14;1-11-5-4-7-6-8(10)2-3-9(7)11;1-2-8-6-4-3-5-7-8/h3-7,10-13H,1-2H3;2*2-6,9-13H,1H3;2-6H,1H3;1,3-7H. The van der Waals surface area contributed by atoms with Gasteiger partial charge in [-0.2, -0.15) is 0 Å². The Morgan fingerprint density at radius 2 is 0.759 bits per heavy atom. The molecule has 0 radical (unpaired) electrons. The number of nitrogens with zero attached hydrogens (tertiary/aromatic N) is 4. The maximum absolute atomic E-state index is 12.2. The van der Waals surface area contributed by atoms with Crippen LogP contribution in [-0.2, 0) is 37.7 Å². The number of aryl methyl sites for hydroxylation is 4. The molecule has 4 heterocycles. The fraction of sp³-hybridized carbons (Fsp3) is 0.0704. The number of carbonyl (C=O) groups excluding carboxylic acids is 2. The van der Waals surface area contributed by atoms with E-state index in [9.17, 15) is 9.59 Å². The van der Waals surface area contributed by atoms with Crippen molar-refractivity contribution in [3.8, 4) is 47.9 Å². The predicted molar refractivity (Wildman–Crippen MR) is 332 cm³/mol. The van der Waals surface area contributed by atoms with E-state index in [1.54, 1.807) is 10.8 Å². The van der Waals surface area contributed by atoms with Gasteiger partial charge >= 0.3 is 5.97 Å². The summed E-state index contributed by atoms with van der Waals surface area (Å²) in [4.78, 5) is 23.7. The largest absolute Gasteiger partial charge is 0.463 e. The molecule has 384 valence electrons. The van der Waals surface area contributed by atoms with Crippen LogP contribution in [0.1, 0.15) is 49.3 Å². The monoisotopic (exact) mass is 1140 g/mol. The molecule has 0 amide bonds. The summed E-state index contributed by atoms with van der Waals surface area (Å²) < 4.78 is 14.0. The zero-order valence-corrected chi connectivity index (χ0v) is 46.6. The highest BCUT2D eigenvalue weighted by Gasteiger charge is 2.21. The van der Waals surface area contributed by atoms with Crippen LogP contribution in [-0.4, -0.2) is 37.1 Å². The van der Waals surface area contributed by atoms with Crippen molar-refractivity contribution in [3.63, 3.8) is 0 Å². The van der Waals surface area contributed by atoms with Crippen molar-refractivity contribution in [1.82, 2.24) is 18.3 Å². The minimum Gasteiger partial charge on any atom is -0.463 e. The number of hydrogen-bond donors (Lipinski definition) is 0. The molecular formula is C71H55IN4O3. The minimum atomic E-state index is -0.872. The molecule has 12 rings (SSSR count). The van der Waals surface area contributed by atoms with Crippen LogP contribution in [0.5, 0.6) is 0 Å². The smallest absolute Gasteiger partial charge is 0.379 e. The van der Waals surface area contributed by atoms with Gasteiger partial charge in [-0.3, -0.25) is 4.79 Å². The van der Waals surface area contributed by atoms with Crippen LogP contribution in [0.4, 0.5) is 0 Å². The Bertz CT molecular complexity index is 4160. The molecule has 0 spiro atoms. The van der Waals surface area contributed by atoms with E-state index in [1.165, 1.54) is 43.4 Å². The third-order valence-electron chi connectivity index (χ3n) is 12.5. The summed E-state index contributed by atoms with van der Waals surface area (Å²) >= 11 is 2.33. The van der Waals surface area contributed by atoms with Crippen LogP contribution in [0.2, 0.25) is 0 Å². The summed E-state index contributed by atoms with van der Waals surface area (Å²) in [7, 11) is 9.19. The molecule has 79 heavy (non-hydrogen) atoms. The number of carbonyl (C=O) groups is 2. The zero-order chi connectivity index (χ0) is 55.5. The van der Waals surface area contributed by atoms with Crippen molar-refractivity contribution in [1.29, 1.82) is 0 Å². The highest BCUT2D eigenvalue weighted by Crippen LogP contribution is 2.24. The molecule has 12 aromatic rings. The van der Waals surface area contributed by atoms with E-state index in [1.807, 2.05) is 147 Å². The van der Waals surface area contributed by atoms with Crippen molar-refractivity contribution in [2.24, 2.45) is 28.2 Å². The Kier molecular flexibility index (Phi) is 19.0. The highest BCUT2D eigenvalue weighted by atomic mass is 127. The summed E-state index contributed by atoms with van der Waals surface area (Å²) in [5.41, 5.74) is 11.8. The molecular weight excluding hydrogens is 1080 g/mol. The molecule has 8 aromatic carbocycles. The van der Waals surface area contributed by atoms with E-state index in [4.69, 9.17) is 6.42 Å². The van der Waals surface area contributed by atoms with Gasteiger partial charge in [-0.05, 0) is 162 Å². The van der Waals surface area contributed by atoms with E-state index in [-0.39, 0.29) is 0 Å². The lowest BCUT2D eigenvalue weighted by Gasteiger charge is -1.98. The van der Waals surface area contributed by atoms with Gasteiger partial charge in [0.25, 0.3) is 5.78 Å². The van der Waals surface area contributed by atoms with Gasteiger partial charge in [0, 0.05) is 139 Å². The number of fused-ring (bicyclic) bond motifs is 4. The van der Waals surface area contributed by atoms with Gasteiger partial charge in [-0.1, -0.05) is 114 Å². The number of terminal acetylenes is 1. The lowest BCUT2D eigenvalue weighted by atomic mass is 10.1. The predicted octanol–water partition coefficient (Wildman–Crippen LogP) is 14.5. The molecule has 0 bridgehead atoms. The van der Waals surface area contributed by atoms with Gasteiger partial charge < -0.3 is 23.0 Å². The van der Waals surface area contributed by atoms with Crippen molar-refractivity contribution in [2.45, 2.75) is 0 Å².